The Labute approximate surface area is 184 Å². The zero-order valence-electron chi connectivity index (χ0n) is 18.0. The summed E-state index contributed by atoms with van der Waals surface area (Å²) in [5.74, 6) is 0.0376. The quantitative estimate of drug-likeness (QED) is 0.517. The molecule has 3 aromatic rings. The van der Waals surface area contributed by atoms with Gasteiger partial charge >= 0.3 is 5.69 Å². The normalized spacial score (nSPS) is 14.5. The second kappa shape index (κ2) is 9.84. The van der Waals surface area contributed by atoms with Crippen molar-refractivity contribution in [3.05, 3.63) is 57.4 Å². The van der Waals surface area contributed by atoms with Crippen LogP contribution in [0.2, 0.25) is 0 Å². The summed E-state index contributed by atoms with van der Waals surface area (Å²) in [4.78, 5) is 49.0. The number of nitrogens with one attached hydrogen (secondary N) is 1. The fraction of sp³-hybridized carbons (Fsp3) is 0.409. The molecular formula is C22H26N6O4. The molecule has 1 aliphatic heterocycles. The van der Waals surface area contributed by atoms with Crippen LogP contribution in [0.25, 0.3) is 22.4 Å². The summed E-state index contributed by atoms with van der Waals surface area (Å²) in [7, 11) is 1.53. The van der Waals surface area contributed by atoms with Gasteiger partial charge in [-0.25, -0.2) is 14.8 Å². The van der Waals surface area contributed by atoms with Crippen LogP contribution in [-0.2, 0) is 23.1 Å². The lowest BCUT2D eigenvalue weighted by molar-refractivity contribution is -0.121. The third-order valence-corrected chi connectivity index (χ3v) is 5.49. The van der Waals surface area contributed by atoms with Crippen LogP contribution in [0.1, 0.15) is 6.42 Å². The van der Waals surface area contributed by atoms with E-state index in [9.17, 15) is 14.4 Å². The van der Waals surface area contributed by atoms with Crippen molar-refractivity contribution < 1.29 is 9.53 Å². The number of nitrogens with zero attached hydrogens (tertiary/aromatic N) is 5. The Bertz CT molecular complexity index is 1210. The van der Waals surface area contributed by atoms with E-state index in [4.69, 9.17) is 4.74 Å². The van der Waals surface area contributed by atoms with E-state index in [-0.39, 0.29) is 23.5 Å². The third kappa shape index (κ3) is 4.76. The number of ether oxygens (including phenoxy) is 1. The molecule has 1 aromatic carbocycles. The smallest absolute Gasteiger partial charge is 0.332 e. The van der Waals surface area contributed by atoms with E-state index in [1.165, 1.54) is 17.8 Å². The molecule has 3 heterocycles. The molecule has 4 rings (SSSR count). The molecule has 0 bridgehead atoms. The van der Waals surface area contributed by atoms with E-state index < -0.39 is 11.2 Å². The highest BCUT2D eigenvalue weighted by molar-refractivity contribution is 5.78. The van der Waals surface area contributed by atoms with Crippen LogP contribution in [0.4, 0.5) is 0 Å². The van der Waals surface area contributed by atoms with E-state index in [0.29, 0.717) is 12.4 Å². The van der Waals surface area contributed by atoms with E-state index in [1.54, 1.807) is 0 Å². The minimum absolute atomic E-state index is 0.187. The molecule has 1 saturated heterocycles. The summed E-state index contributed by atoms with van der Waals surface area (Å²) in [5, 5.41) is 2.97. The Morgan fingerprint density at radius 2 is 1.91 bits per heavy atom. The summed E-state index contributed by atoms with van der Waals surface area (Å²) in [6.45, 7) is 4.24. The van der Waals surface area contributed by atoms with E-state index in [2.05, 4.69) is 20.2 Å². The van der Waals surface area contributed by atoms with Gasteiger partial charge in [0.1, 0.15) is 11.9 Å². The standard InChI is InChI=1S/C22H26N6O4/c1-26-20-17(14-24-19(25-20)16-6-3-2-4-7-16)21(30)28(22(26)31)15-18(29)23-8-5-9-27-10-12-32-13-11-27/h2-4,6-7,14H,5,8-13,15H2,1H3,(H,23,29). The first kappa shape index (κ1) is 21.8. The number of morpholine rings is 1. The molecule has 1 fully saturated rings. The molecule has 0 unspecified atom stereocenters. The summed E-state index contributed by atoms with van der Waals surface area (Å²) in [5.41, 5.74) is -0.159. The summed E-state index contributed by atoms with van der Waals surface area (Å²) in [6.07, 6.45) is 2.19. The fourth-order valence-electron chi connectivity index (χ4n) is 3.70. The van der Waals surface area contributed by atoms with Gasteiger partial charge in [-0.15, -0.1) is 0 Å². The van der Waals surface area contributed by atoms with Gasteiger partial charge in [-0.3, -0.25) is 23.6 Å². The molecule has 0 spiro atoms. The minimum Gasteiger partial charge on any atom is -0.379 e. The number of hydrogen-bond donors (Lipinski definition) is 1. The molecule has 10 nitrogen and oxygen atoms in total. The van der Waals surface area contributed by atoms with Crippen molar-refractivity contribution in [1.82, 2.24) is 29.3 Å². The molecule has 0 radical (unpaired) electrons. The number of fused-ring (bicyclic) bond motifs is 1. The topological polar surface area (TPSA) is 111 Å². The monoisotopic (exact) mass is 438 g/mol. The maximum atomic E-state index is 12.9. The first-order valence-corrected chi connectivity index (χ1v) is 10.6. The predicted octanol–water partition coefficient (Wildman–Crippen LogP) is -0.00430. The number of amides is 1. The first-order valence-electron chi connectivity index (χ1n) is 10.6. The second-order valence-corrected chi connectivity index (χ2v) is 7.69. The highest BCUT2D eigenvalue weighted by Gasteiger charge is 2.16. The molecule has 1 amide bonds. The van der Waals surface area contributed by atoms with E-state index >= 15 is 0 Å². The Morgan fingerprint density at radius 1 is 1.16 bits per heavy atom. The highest BCUT2D eigenvalue weighted by atomic mass is 16.5. The Hall–Kier alpha value is -3.37. The van der Waals surface area contributed by atoms with Gasteiger partial charge in [0.05, 0.1) is 13.2 Å². The third-order valence-electron chi connectivity index (χ3n) is 5.49. The van der Waals surface area contributed by atoms with Gasteiger partial charge in [0.15, 0.2) is 11.5 Å². The Balaban J connectivity index is 1.47. The fourth-order valence-corrected chi connectivity index (χ4v) is 3.70. The van der Waals surface area contributed by atoms with Crippen LogP contribution in [0.5, 0.6) is 0 Å². The lowest BCUT2D eigenvalue weighted by Crippen LogP contribution is -2.44. The molecule has 168 valence electrons. The molecule has 10 heteroatoms. The summed E-state index contributed by atoms with van der Waals surface area (Å²) >= 11 is 0. The van der Waals surface area contributed by atoms with Crippen molar-refractivity contribution in [3.63, 3.8) is 0 Å². The molecular weight excluding hydrogens is 412 g/mol. The second-order valence-electron chi connectivity index (χ2n) is 7.69. The summed E-state index contributed by atoms with van der Waals surface area (Å²) < 4.78 is 7.51. The lowest BCUT2D eigenvalue weighted by Gasteiger charge is -2.26. The molecule has 2 aromatic heterocycles. The van der Waals surface area contributed by atoms with Crippen molar-refractivity contribution in [2.24, 2.45) is 7.05 Å². The van der Waals surface area contributed by atoms with Crippen molar-refractivity contribution in [2.45, 2.75) is 13.0 Å². The SMILES string of the molecule is Cn1c(=O)n(CC(=O)NCCCN2CCOCC2)c(=O)c2cnc(-c3ccccc3)nc21. The van der Waals surface area contributed by atoms with Gasteiger partial charge in [0.2, 0.25) is 5.91 Å². The van der Waals surface area contributed by atoms with E-state index in [0.717, 1.165) is 49.4 Å². The first-order chi connectivity index (χ1) is 15.5. The van der Waals surface area contributed by atoms with Crippen LogP contribution in [0.3, 0.4) is 0 Å². The van der Waals surface area contributed by atoms with Crippen LogP contribution in [0, 0.1) is 0 Å². The summed E-state index contributed by atoms with van der Waals surface area (Å²) in [6, 6.07) is 9.30. The average Bonchev–Trinajstić information content (AvgIpc) is 2.84. The van der Waals surface area contributed by atoms with Gasteiger partial charge in [-0.2, -0.15) is 0 Å². The number of aromatic nitrogens is 4. The zero-order chi connectivity index (χ0) is 22.5. The molecule has 0 aliphatic carbocycles. The predicted molar refractivity (Wildman–Crippen MR) is 119 cm³/mol. The van der Waals surface area contributed by atoms with Crippen LogP contribution < -0.4 is 16.6 Å². The Morgan fingerprint density at radius 3 is 2.66 bits per heavy atom. The lowest BCUT2D eigenvalue weighted by atomic mass is 10.2. The van der Waals surface area contributed by atoms with E-state index in [1.807, 2.05) is 30.3 Å². The van der Waals surface area contributed by atoms with Crippen molar-refractivity contribution in [2.75, 3.05) is 39.4 Å². The molecule has 0 saturated carbocycles. The molecule has 0 atom stereocenters. The maximum Gasteiger partial charge on any atom is 0.332 e. The van der Waals surface area contributed by atoms with Gasteiger partial charge in [-0.1, -0.05) is 30.3 Å². The van der Waals surface area contributed by atoms with Gasteiger partial charge in [0.25, 0.3) is 5.56 Å². The maximum absolute atomic E-state index is 12.9. The van der Waals surface area contributed by atoms with Gasteiger partial charge < -0.3 is 10.1 Å². The average molecular weight is 438 g/mol. The zero-order valence-corrected chi connectivity index (χ0v) is 18.0. The number of rotatable bonds is 7. The largest absolute Gasteiger partial charge is 0.379 e. The molecule has 1 N–H and O–H groups in total. The molecule has 1 aliphatic rings. The van der Waals surface area contributed by atoms with Gasteiger partial charge in [0, 0.05) is 38.4 Å². The number of benzene rings is 1. The number of carbonyl (C=O) groups excluding carboxylic acids is 1. The van der Waals surface area contributed by atoms with Crippen LogP contribution in [-0.4, -0.2) is 69.3 Å². The van der Waals surface area contributed by atoms with Crippen molar-refractivity contribution in [3.8, 4) is 11.4 Å². The van der Waals surface area contributed by atoms with Crippen molar-refractivity contribution >= 4 is 16.9 Å². The van der Waals surface area contributed by atoms with Crippen LogP contribution in [0.15, 0.2) is 46.1 Å². The molecule has 32 heavy (non-hydrogen) atoms. The van der Waals surface area contributed by atoms with Gasteiger partial charge in [-0.05, 0) is 13.0 Å². The number of aryl methyl sites for hydroxylation is 1. The van der Waals surface area contributed by atoms with Crippen LogP contribution >= 0.6 is 0 Å². The Kier molecular flexibility index (Phi) is 6.72. The minimum atomic E-state index is -0.594. The van der Waals surface area contributed by atoms with Crippen molar-refractivity contribution in [1.29, 1.82) is 0 Å². The highest BCUT2D eigenvalue weighted by Crippen LogP contribution is 2.15. The number of hydrogen-bond acceptors (Lipinski definition) is 7. The number of carbonyl (C=O) groups is 1.